The Bertz CT molecular complexity index is 980. The summed E-state index contributed by atoms with van der Waals surface area (Å²) >= 11 is 0. The summed E-state index contributed by atoms with van der Waals surface area (Å²) in [5, 5.41) is 10.2. The van der Waals surface area contributed by atoms with Crippen LogP contribution in [0.4, 0.5) is 0 Å². The van der Waals surface area contributed by atoms with Crippen LogP contribution in [0, 0.1) is 0 Å². The molecule has 0 aromatic carbocycles. The minimum Gasteiger partial charge on any atom is -0.390 e. The molecule has 2 aliphatic rings. The van der Waals surface area contributed by atoms with Gasteiger partial charge in [0.1, 0.15) is 5.52 Å². The number of imidazole rings is 1. The van der Waals surface area contributed by atoms with Crippen LogP contribution in [-0.2, 0) is 22.4 Å². The van der Waals surface area contributed by atoms with E-state index in [2.05, 4.69) is 9.97 Å². The molecule has 0 amide bonds. The molecule has 124 valence electrons. The van der Waals surface area contributed by atoms with Gasteiger partial charge in [0.05, 0.1) is 17.3 Å². The van der Waals surface area contributed by atoms with Gasteiger partial charge in [-0.15, -0.1) is 0 Å². The maximum absolute atomic E-state index is 12.8. The predicted molar refractivity (Wildman–Crippen MR) is 81.9 cm³/mol. The van der Waals surface area contributed by atoms with Crippen molar-refractivity contribution in [1.82, 2.24) is 19.1 Å². The zero-order valence-corrected chi connectivity index (χ0v) is 13.8. The largest absolute Gasteiger partial charge is 0.390 e. The third kappa shape index (κ3) is 1.92. The van der Waals surface area contributed by atoms with Crippen LogP contribution in [0.3, 0.4) is 0 Å². The molecule has 2 fully saturated rings. The van der Waals surface area contributed by atoms with E-state index in [0.717, 1.165) is 6.26 Å². The van der Waals surface area contributed by atoms with Crippen molar-refractivity contribution in [3.8, 4) is 0 Å². The highest BCUT2D eigenvalue weighted by Gasteiger charge is 2.55. The van der Waals surface area contributed by atoms with Gasteiger partial charge in [0, 0.05) is 13.3 Å². The van der Waals surface area contributed by atoms with Crippen LogP contribution in [0.25, 0.3) is 11.2 Å². The number of aliphatic hydroxyl groups is 1. The zero-order valence-electron chi connectivity index (χ0n) is 13.0. The van der Waals surface area contributed by atoms with E-state index in [1.54, 1.807) is 11.6 Å². The number of hydrogen-bond acceptors (Lipinski definition) is 6. The van der Waals surface area contributed by atoms with Crippen LogP contribution in [0.1, 0.15) is 32.1 Å². The Morgan fingerprint density at radius 2 is 1.91 bits per heavy atom. The first kappa shape index (κ1) is 14.8. The van der Waals surface area contributed by atoms with Gasteiger partial charge in [-0.05, 0) is 32.1 Å². The van der Waals surface area contributed by atoms with Crippen LogP contribution < -0.4 is 5.69 Å². The molecular formula is C14H18N4O4S. The van der Waals surface area contributed by atoms with E-state index in [4.69, 9.17) is 0 Å². The van der Waals surface area contributed by atoms with Gasteiger partial charge >= 0.3 is 5.69 Å². The molecule has 8 nitrogen and oxygen atoms in total. The third-order valence-corrected chi connectivity index (χ3v) is 6.21. The lowest BCUT2D eigenvalue weighted by Gasteiger charge is -2.27. The molecule has 9 heteroatoms. The molecule has 23 heavy (non-hydrogen) atoms. The van der Waals surface area contributed by atoms with Crippen LogP contribution in [-0.4, -0.2) is 44.5 Å². The normalized spacial score (nSPS) is 30.4. The number of hydrogen-bond donors (Lipinski definition) is 1. The van der Waals surface area contributed by atoms with Crippen molar-refractivity contribution >= 4 is 21.0 Å². The lowest BCUT2D eigenvalue weighted by Crippen LogP contribution is -2.38. The molecule has 0 spiro atoms. The first-order valence-corrected chi connectivity index (χ1v) is 9.42. The fourth-order valence-corrected chi connectivity index (χ4v) is 4.65. The van der Waals surface area contributed by atoms with E-state index in [9.17, 15) is 18.3 Å². The van der Waals surface area contributed by atoms with Gasteiger partial charge in [-0.25, -0.2) is 18.2 Å². The monoisotopic (exact) mass is 338 g/mol. The SMILES string of the molecule is Cn1c(=O)n(C23CCC(O)(CC2)C3)c2nc(S(C)(=O)=O)ncc21. The van der Waals surface area contributed by atoms with Crippen LogP contribution in [0.2, 0.25) is 0 Å². The summed E-state index contributed by atoms with van der Waals surface area (Å²) in [6.45, 7) is 0. The Morgan fingerprint density at radius 1 is 1.26 bits per heavy atom. The van der Waals surface area contributed by atoms with Crippen molar-refractivity contribution in [1.29, 1.82) is 0 Å². The Morgan fingerprint density at radius 3 is 2.43 bits per heavy atom. The fraction of sp³-hybridized carbons (Fsp3) is 0.643. The average molecular weight is 338 g/mol. The Kier molecular flexibility index (Phi) is 2.71. The second kappa shape index (κ2) is 4.21. The summed E-state index contributed by atoms with van der Waals surface area (Å²) in [6.07, 6.45) is 5.63. The van der Waals surface area contributed by atoms with Crippen molar-refractivity contribution in [3.63, 3.8) is 0 Å². The molecule has 0 unspecified atom stereocenters. The minimum absolute atomic E-state index is 0.244. The van der Waals surface area contributed by atoms with E-state index >= 15 is 0 Å². The van der Waals surface area contributed by atoms with Crippen molar-refractivity contribution in [2.75, 3.05) is 6.26 Å². The molecule has 4 rings (SSSR count). The lowest BCUT2D eigenvalue weighted by atomic mass is 9.92. The van der Waals surface area contributed by atoms with Gasteiger partial charge < -0.3 is 5.11 Å². The number of fused-ring (bicyclic) bond motifs is 3. The Hall–Kier alpha value is -1.74. The molecule has 0 atom stereocenters. The summed E-state index contributed by atoms with van der Waals surface area (Å²) in [5.74, 6) is 0. The first-order chi connectivity index (χ1) is 10.7. The van der Waals surface area contributed by atoms with E-state index < -0.39 is 21.0 Å². The quantitative estimate of drug-likeness (QED) is 0.769. The van der Waals surface area contributed by atoms with E-state index in [1.165, 1.54) is 10.8 Å². The van der Waals surface area contributed by atoms with Gasteiger partial charge in [0.15, 0.2) is 5.65 Å². The van der Waals surface area contributed by atoms with Gasteiger partial charge in [0.2, 0.25) is 15.0 Å². The zero-order chi connectivity index (χ0) is 16.6. The predicted octanol–water partition coefficient (Wildman–Crippen LogP) is -0.0624. The standard InChI is InChI=1S/C14H18N4O4S/c1-17-9-7-15-11(23(2,21)22)16-10(9)18(12(17)19)13-3-5-14(20,8-13)6-4-13/h7,20H,3-6,8H2,1-2H3. The second-order valence-electron chi connectivity index (χ2n) is 6.94. The Balaban J connectivity index is 2.03. The highest BCUT2D eigenvalue weighted by atomic mass is 32.2. The fourth-order valence-electron chi connectivity index (χ4n) is 4.15. The summed E-state index contributed by atoms with van der Waals surface area (Å²) in [5.41, 5.74) is -0.604. The van der Waals surface area contributed by atoms with E-state index in [1.807, 2.05) is 0 Å². The third-order valence-electron chi connectivity index (χ3n) is 5.35. The van der Waals surface area contributed by atoms with Crippen LogP contribution >= 0.6 is 0 Å². The summed E-state index contributed by atoms with van der Waals surface area (Å²) in [6, 6.07) is 0. The van der Waals surface area contributed by atoms with Gasteiger partial charge in [-0.2, -0.15) is 4.98 Å². The highest BCUT2D eigenvalue weighted by Crippen LogP contribution is 2.54. The van der Waals surface area contributed by atoms with Gasteiger partial charge in [-0.1, -0.05) is 0 Å². The van der Waals surface area contributed by atoms with E-state index in [0.29, 0.717) is 43.3 Å². The molecule has 0 saturated heterocycles. The maximum Gasteiger partial charge on any atom is 0.330 e. The molecule has 2 heterocycles. The molecule has 0 aliphatic heterocycles. The smallest absolute Gasteiger partial charge is 0.330 e. The minimum atomic E-state index is -3.56. The van der Waals surface area contributed by atoms with Crippen molar-refractivity contribution in [3.05, 3.63) is 16.7 Å². The molecule has 2 saturated carbocycles. The molecule has 0 radical (unpaired) electrons. The van der Waals surface area contributed by atoms with E-state index in [-0.39, 0.29) is 10.8 Å². The number of nitrogens with zero attached hydrogens (tertiary/aromatic N) is 4. The molecule has 2 aromatic heterocycles. The molecule has 2 bridgehead atoms. The van der Waals surface area contributed by atoms with Crippen LogP contribution in [0.15, 0.2) is 16.1 Å². The van der Waals surface area contributed by atoms with Crippen molar-refractivity contribution in [2.45, 2.75) is 48.4 Å². The molecule has 2 aliphatic carbocycles. The van der Waals surface area contributed by atoms with Gasteiger partial charge in [-0.3, -0.25) is 9.13 Å². The molecule has 2 aromatic rings. The Labute approximate surface area is 132 Å². The van der Waals surface area contributed by atoms with Crippen molar-refractivity contribution < 1.29 is 13.5 Å². The molecular weight excluding hydrogens is 320 g/mol. The summed E-state index contributed by atoms with van der Waals surface area (Å²) < 4.78 is 26.5. The molecule has 1 N–H and O–H groups in total. The average Bonchev–Trinajstić information content (AvgIpc) is 3.07. The van der Waals surface area contributed by atoms with Gasteiger partial charge in [0.25, 0.3) is 0 Å². The number of rotatable bonds is 2. The second-order valence-corrected chi connectivity index (χ2v) is 8.85. The van der Waals surface area contributed by atoms with Crippen molar-refractivity contribution in [2.24, 2.45) is 7.05 Å². The lowest BCUT2D eigenvalue weighted by molar-refractivity contribution is 0.0521. The first-order valence-electron chi connectivity index (χ1n) is 7.53. The summed E-state index contributed by atoms with van der Waals surface area (Å²) in [4.78, 5) is 20.8. The number of aryl methyl sites for hydroxylation is 1. The summed E-state index contributed by atoms with van der Waals surface area (Å²) in [7, 11) is -1.94. The maximum atomic E-state index is 12.8. The number of aromatic nitrogens is 4. The highest BCUT2D eigenvalue weighted by molar-refractivity contribution is 7.90. The van der Waals surface area contributed by atoms with Crippen LogP contribution in [0.5, 0.6) is 0 Å². The number of sulfone groups is 1. The topological polar surface area (TPSA) is 107 Å².